The monoisotopic (exact) mass is 267 g/mol. The molecule has 1 saturated carbocycles. The van der Waals surface area contributed by atoms with Crippen molar-refractivity contribution in [3.63, 3.8) is 0 Å². The minimum Gasteiger partial charge on any atom is -0.327 e. The summed E-state index contributed by atoms with van der Waals surface area (Å²) < 4.78 is 0. The molecule has 0 radical (unpaired) electrons. The summed E-state index contributed by atoms with van der Waals surface area (Å²) in [6.45, 7) is 2.11. The average molecular weight is 267 g/mol. The molecule has 1 fully saturated rings. The van der Waals surface area contributed by atoms with Crippen LogP contribution in [-0.2, 0) is 11.8 Å². The standard InChI is InChI=1S/C17H21N3/c1-2-14(18)12-15-8-11-19-16(20-15)17(9-10-17)13-6-4-3-5-7-13/h3-8,11,14H,2,9-10,12,18H2,1H3. The predicted octanol–water partition coefficient (Wildman–Crippen LogP) is 2.84. The molecule has 3 nitrogen and oxygen atoms in total. The van der Waals surface area contributed by atoms with Gasteiger partial charge in [0, 0.05) is 24.4 Å². The third-order valence-electron chi connectivity index (χ3n) is 4.21. The van der Waals surface area contributed by atoms with Crippen LogP contribution in [0.15, 0.2) is 42.6 Å². The lowest BCUT2D eigenvalue weighted by Gasteiger charge is -2.15. The van der Waals surface area contributed by atoms with Gasteiger partial charge in [0.15, 0.2) is 0 Å². The third-order valence-corrected chi connectivity index (χ3v) is 4.21. The Morgan fingerprint density at radius 1 is 1.20 bits per heavy atom. The van der Waals surface area contributed by atoms with Crippen LogP contribution in [-0.4, -0.2) is 16.0 Å². The van der Waals surface area contributed by atoms with Crippen molar-refractivity contribution in [2.75, 3.05) is 0 Å². The Hall–Kier alpha value is -1.74. The molecule has 0 spiro atoms. The lowest BCUT2D eigenvalue weighted by Crippen LogP contribution is -2.23. The quantitative estimate of drug-likeness (QED) is 0.906. The molecule has 20 heavy (non-hydrogen) atoms. The molecule has 1 aromatic heterocycles. The molecular weight excluding hydrogens is 246 g/mol. The highest BCUT2D eigenvalue weighted by Crippen LogP contribution is 2.51. The maximum atomic E-state index is 6.03. The fraction of sp³-hybridized carbons (Fsp3) is 0.412. The van der Waals surface area contributed by atoms with Crippen LogP contribution in [0.1, 0.15) is 43.3 Å². The molecule has 1 aromatic carbocycles. The number of hydrogen-bond donors (Lipinski definition) is 1. The minimum atomic E-state index is 0.0492. The Balaban J connectivity index is 1.89. The van der Waals surface area contributed by atoms with Crippen LogP contribution in [0.2, 0.25) is 0 Å². The van der Waals surface area contributed by atoms with E-state index in [1.54, 1.807) is 0 Å². The third kappa shape index (κ3) is 2.46. The van der Waals surface area contributed by atoms with Crippen molar-refractivity contribution in [3.05, 3.63) is 59.7 Å². The molecule has 1 aliphatic rings. The summed E-state index contributed by atoms with van der Waals surface area (Å²) in [7, 11) is 0. The molecule has 1 atom stereocenters. The van der Waals surface area contributed by atoms with Crippen LogP contribution in [0.25, 0.3) is 0 Å². The summed E-state index contributed by atoms with van der Waals surface area (Å²) in [6, 6.07) is 12.8. The molecule has 0 saturated heterocycles. The summed E-state index contributed by atoms with van der Waals surface area (Å²) in [5.41, 5.74) is 8.47. The molecule has 104 valence electrons. The van der Waals surface area contributed by atoms with Crippen molar-refractivity contribution < 1.29 is 0 Å². The van der Waals surface area contributed by atoms with Gasteiger partial charge in [-0.15, -0.1) is 0 Å². The average Bonchev–Trinajstić information content (AvgIpc) is 3.30. The zero-order chi connectivity index (χ0) is 14.0. The number of benzene rings is 1. The molecule has 1 unspecified atom stereocenters. The number of nitrogens with zero attached hydrogens (tertiary/aromatic N) is 2. The van der Waals surface area contributed by atoms with E-state index in [4.69, 9.17) is 10.7 Å². The normalized spacial score (nSPS) is 17.7. The van der Waals surface area contributed by atoms with E-state index in [-0.39, 0.29) is 11.5 Å². The first-order chi connectivity index (χ1) is 9.74. The van der Waals surface area contributed by atoms with E-state index in [1.807, 2.05) is 12.3 Å². The van der Waals surface area contributed by atoms with Crippen LogP contribution in [0, 0.1) is 0 Å². The Morgan fingerprint density at radius 3 is 2.60 bits per heavy atom. The highest BCUT2D eigenvalue weighted by Gasteiger charge is 2.48. The highest BCUT2D eigenvalue weighted by molar-refractivity contribution is 5.39. The lowest BCUT2D eigenvalue weighted by atomic mass is 9.95. The van der Waals surface area contributed by atoms with Gasteiger partial charge in [0.2, 0.25) is 0 Å². The molecule has 3 rings (SSSR count). The van der Waals surface area contributed by atoms with Crippen molar-refractivity contribution in [1.82, 2.24) is 9.97 Å². The van der Waals surface area contributed by atoms with E-state index in [0.717, 1.165) is 37.2 Å². The molecule has 0 bridgehead atoms. The van der Waals surface area contributed by atoms with Gasteiger partial charge in [-0.3, -0.25) is 0 Å². The first-order valence-electron chi connectivity index (χ1n) is 7.38. The fourth-order valence-corrected chi connectivity index (χ4v) is 2.68. The number of rotatable bonds is 5. The zero-order valence-electron chi connectivity index (χ0n) is 11.9. The van der Waals surface area contributed by atoms with Gasteiger partial charge in [-0.2, -0.15) is 0 Å². The molecule has 2 N–H and O–H groups in total. The van der Waals surface area contributed by atoms with Crippen molar-refractivity contribution in [3.8, 4) is 0 Å². The van der Waals surface area contributed by atoms with E-state index in [2.05, 4.69) is 42.2 Å². The van der Waals surface area contributed by atoms with E-state index < -0.39 is 0 Å². The van der Waals surface area contributed by atoms with Crippen molar-refractivity contribution >= 4 is 0 Å². The van der Waals surface area contributed by atoms with E-state index in [1.165, 1.54) is 5.56 Å². The second kappa shape index (κ2) is 5.33. The summed E-state index contributed by atoms with van der Waals surface area (Å²) in [5, 5.41) is 0. The molecular formula is C17H21N3. The smallest absolute Gasteiger partial charge is 0.139 e. The molecule has 0 amide bonds. The van der Waals surface area contributed by atoms with Gasteiger partial charge in [0.05, 0.1) is 5.41 Å². The van der Waals surface area contributed by atoms with Crippen LogP contribution < -0.4 is 5.73 Å². The van der Waals surface area contributed by atoms with Crippen molar-refractivity contribution in [2.24, 2.45) is 5.73 Å². The fourth-order valence-electron chi connectivity index (χ4n) is 2.68. The van der Waals surface area contributed by atoms with Crippen LogP contribution >= 0.6 is 0 Å². The van der Waals surface area contributed by atoms with Crippen molar-refractivity contribution in [2.45, 2.75) is 44.1 Å². The first-order valence-corrected chi connectivity index (χ1v) is 7.38. The predicted molar refractivity (Wildman–Crippen MR) is 80.5 cm³/mol. The summed E-state index contributed by atoms with van der Waals surface area (Å²) >= 11 is 0. The molecule has 0 aliphatic heterocycles. The summed E-state index contributed by atoms with van der Waals surface area (Å²) in [6.07, 6.45) is 5.96. The van der Waals surface area contributed by atoms with E-state index >= 15 is 0 Å². The van der Waals surface area contributed by atoms with Gasteiger partial charge in [-0.25, -0.2) is 9.97 Å². The zero-order valence-corrected chi connectivity index (χ0v) is 11.9. The van der Waals surface area contributed by atoms with Gasteiger partial charge < -0.3 is 5.73 Å². The Kier molecular flexibility index (Phi) is 3.53. The number of nitrogens with two attached hydrogens (primary N) is 1. The maximum absolute atomic E-state index is 6.03. The minimum absolute atomic E-state index is 0.0492. The molecule has 2 aromatic rings. The molecule has 1 heterocycles. The van der Waals surface area contributed by atoms with Crippen LogP contribution in [0.3, 0.4) is 0 Å². The van der Waals surface area contributed by atoms with Gasteiger partial charge in [-0.1, -0.05) is 37.3 Å². The van der Waals surface area contributed by atoms with Gasteiger partial charge in [-0.05, 0) is 30.9 Å². The van der Waals surface area contributed by atoms with Gasteiger partial charge in [0.1, 0.15) is 5.82 Å². The Morgan fingerprint density at radius 2 is 1.95 bits per heavy atom. The van der Waals surface area contributed by atoms with E-state index in [9.17, 15) is 0 Å². The number of aromatic nitrogens is 2. The molecule has 3 heteroatoms. The van der Waals surface area contributed by atoms with Crippen molar-refractivity contribution in [1.29, 1.82) is 0 Å². The van der Waals surface area contributed by atoms with Gasteiger partial charge >= 0.3 is 0 Å². The Labute approximate surface area is 120 Å². The maximum Gasteiger partial charge on any atom is 0.139 e. The Bertz CT molecular complexity index is 576. The van der Waals surface area contributed by atoms with Crippen LogP contribution in [0.5, 0.6) is 0 Å². The topological polar surface area (TPSA) is 51.8 Å². The second-order valence-corrected chi connectivity index (χ2v) is 5.69. The molecule has 1 aliphatic carbocycles. The van der Waals surface area contributed by atoms with E-state index in [0.29, 0.717) is 0 Å². The summed E-state index contributed by atoms with van der Waals surface area (Å²) in [5.74, 6) is 0.963. The highest BCUT2D eigenvalue weighted by atomic mass is 14.9. The lowest BCUT2D eigenvalue weighted by molar-refractivity contribution is 0.627. The SMILES string of the molecule is CCC(N)Cc1ccnc(C2(c3ccccc3)CC2)n1. The number of hydrogen-bond acceptors (Lipinski definition) is 3. The van der Waals surface area contributed by atoms with Crippen LogP contribution in [0.4, 0.5) is 0 Å². The van der Waals surface area contributed by atoms with Gasteiger partial charge in [0.25, 0.3) is 0 Å². The first kappa shape index (κ1) is 13.3. The second-order valence-electron chi connectivity index (χ2n) is 5.69. The summed E-state index contributed by atoms with van der Waals surface area (Å²) in [4.78, 5) is 9.31. The largest absolute Gasteiger partial charge is 0.327 e.